The molecule has 0 saturated carbocycles. The van der Waals surface area contributed by atoms with Crippen LogP contribution in [0.5, 0.6) is 0 Å². The molecule has 28 heavy (non-hydrogen) atoms. The smallest absolute Gasteiger partial charge is 0.325 e. The number of thioether (sulfide) groups is 1. The average molecular weight is 426 g/mol. The fourth-order valence-corrected chi connectivity index (χ4v) is 5.32. The molecule has 0 radical (unpaired) electrons. The molecule has 3 aliphatic rings. The summed E-state index contributed by atoms with van der Waals surface area (Å²) in [5, 5.41) is 11.6. The van der Waals surface area contributed by atoms with E-state index in [9.17, 15) is 9.59 Å². The van der Waals surface area contributed by atoms with Crippen molar-refractivity contribution in [2.24, 2.45) is 4.99 Å². The average Bonchev–Trinajstić information content (AvgIpc) is 3.28. The zero-order chi connectivity index (χ0) is 19.7. The molecule has 12 heteroatoms. The molecular weight excluding hydrogens is 402 g/mol. The molecule has 1 aromatic heterocycles. The topological polar surface area (TPSA) is 103 Å². The Balaban J connectivity index is 1.46. The van der Waals surface area contributed by atoms with Crippen LogP contribution in [0.2, 0.25) is 0 Å². The van der Waals surface area contributed by atoms with E-state index < -0.39 is 18.2 Å². The van der Waals surface area contributed by atoms with Gasteiger partial charge in [0.15, 0.2) is 22.5 Å². The minimum atomic E-state index is -0.491. The van der Waals surface area contributed by atoms with Gasteiger partial charge in [0, 0.05) is 32.4 Å². The summed E-state index contributed by atoms with van der Waals surface area (Å²) in [5.41, 5.74) is 0. The molecule has 0 aliphatic carbocycles. The third kappa shape index (κ3) is 3.80. The normalized spacial score (nSPS) is 25.1. The van der Waals surface area contributed by atoms with Crippen LogP contribution in [0.4, 0.5) is 4.79 Å². The molecule has 1 aromatic rings. The van der Waals surface area contributed by atoms with Crippen molar-refractivity contribution in [3.63, 3.8) is 0 Å². The van der Waals surface area contributed by atoms with E-state index in [0.29, 0.717) is 19.8 Å². The predicted octanol–water partition coefficient (Wildman–Crippen LogP) is 0.209. The lowest BCUT2D eigenvalue weighted by atomic mass is 10.1. The zero-order valence-corrected chi connectivity index (χ0v) is 17.5. The molecule has 10 nitrogen and oxygen atoms in total. The predicted molar refractivity (Wildman–Crippen MR) is 105 cm³/mol. The van der Waals surface area contributed by atoms with E-state index in [2.05, 4.69) is 20.4 Å². The summed E-state index contributed by atoms with van der Waals surface area (Å²) in [7, 11) is 1.68. The zero-order valence-electron chi connectivity index (χ0n) is 15.8. The number of guanidine groups is 1. The molecule has 2 atom stereocenters. The lowest BCUT2D eigenvalue weighted by Gasteiger charge is -2.38. The number of likely N-dealkylation sites (N-methyl/N-ethyl adjacent to an activating group) is 1. The van der Waals surface area contributed by atoms with E-state index in [1.54, 1.807) is 30.1 Å². The fourth-order valence-electron chi connectivity index (χ4n) is 3.51. The summed E-state index contributed by atoms with van der Waals surface area (Å²) in [6.45, 7) is 5.35. The lowest BCUT2D eigenvalue weighted by molar-refractivity contribution is -0.127. The molecule has 1 N–H and O–H groups in total. The number of fused-ring (bicyclic) bond motifs is 1. The van der Waals surface area contributed by atoms with Crippen molar-refractivity contribution in [3.8, 4) is 0 Å². The monoisotopic (exact) mass is 425 g/mol. The van der Waals surface area contributed by atoms with Crippen LogP contribution in [-0.4, -0.2) is 101 Å². The van der Waals surface area contributed by atoms with Gasteiger partial charge in [-0.25, -0.2) is 9.79 Å². The lowest BCUT2D eigenvalue weighted by Crippen LogP contribution is -2.64. The molecule has 2 unspecified atom stereocenters. The second kappa shape index (κ2) is 8.21. The molecule has 4 heterocycles. The molecule has 4 rings (SSSR count). The Morgan fingerprint density at radius 3 is 2.79 bits per heavy atom. The second-order valence-electron chi connectivity index (χ2n) is 6.77. The number of urea groups is 1. The number of aryl methyl sites for hydroxylation is 1. The molecule has 2 fully saturated rings. The molecule has 3 amide bonds. The Morgan fingerprint density at radius 2 is 2.07 bits per heavy atom. The number of ether oxygens (including phenoxy) is 1. The Kier molecular flexibility index (Phi) is 5.69. The van der Waals surface area contributed by atoms with Crippen molar-refractivity contribution in [2.75, 3.05) is 45.6 Å². The summed E-state index contributed by atoms with van der Waals surface area (Å²) in [4.78, 5) is 35.1. The van der Waals surface area contributed by atoms with Gasteiger partial charge < -0.3 is 19.4 Å². The highest BCUT2D eigenvalue weighted by Crippen LogP contribution is 2.27. The number of carbonyl (C=O) groups excluding carboxylic acids is 2. The molecule has 0 bridgehead atoms. The van der Waals surface area contributed by atoms with Gasteiger partial charge in [-0.3, -0.25) is 10.1 Å². The second-order valence-corrected chi connectivity index (χ2v) is 9.30. The highest BCUT2D eigenvalue weighted by Gasteiger charge is 2.49. The van der Waals surface area contributed by atoms with Gasteiger partial charge in [-0.2, -0.15) is 0 Å². The number of rotatable bonds is 5. The Labute approximate surface area is 171 Å². The van der Waals surface area contributed by atoms with Crippen LogP contribution in [0, 0.1) is 6.92 Å². The maximum absolute atomic E-state index is 12.6. The molecule has 3 aliphatic heterocycles. The first-order chi connectivity index (χ1) is 13.5. The first-order valence-electron chi connectivity index (χ1n) is 9.22. The van der Waals surface area contributed by atoms with Crippen molar-refractivity contribution in [1.82, 2.24) is 30.2 Å². The maximum Gasteiger partial charge on any atom is 0.325 e. The van der Waals surface area contributed by atoms with Crippen molar-refractivity contribution < 1.29 is 14.3 Å². The van der Waals surface area contributed by atoms with Gasteiger partial charge >= 0.3 is 6.03 Å². The number of nitrogens with one attached hydrogen (secondary N) is 1. The van der Waals surface area contributed by atoms with Crippen LogP contribution in [-0.2, 0) is 9.53 Å². The van der Waals surface area contributed by atoms with Crippen molar-refractivity contribution in [1.29, 1.82) is 0 Å². The van der Waals surface area contributed by atoms with E-state index >= 15 is 0 Å². The van der Waals surface area contributed by atoms with Gasteiger partial charge in [-0.1, -0.05) is 23.1 Å². The van der Waals surface area contributed by atoms with Crippen molar-refractivity contribution in [3.05, 3.63) is 5.01 Å². The van der Waals surface area contributed by atoms with Crippen LogP contribution in [0.3, 0.4) is 0 Å². The van der Waals surface area contributed by atoms with Gasteiger partial charge in [0.05, 0.1) is 13.2 Å². The van der Waals surface area contributed by atoms with Crippen LogP contribution in [0.15, 0.2) is 9.33 Å². The summed E-state index contributed by atoms with van der Waals surface area (Å²) >= 11 is 3.26. The number of nitrogens with zero attached hydrogens (tertiary/aromatic N) is 6. The van der Waals surface area contributed by atoms with E-state index in [4.69, 9.17) is 9.73 Å². The van der Waals surface area contributed by atoms with Crippen LogP contribution in [0.1, 0.15) is 11.4 Å². The van der Waals surface area contributed by atoms with E-state index in [1.807, 2.05) is 11.8 Å². The Morgan fingerprint density at radius 1 is 1.29 bits per heavy atom. The largest absolute Gasteiger partial charge is 0.378 e. The Hall–Kier alpha value is -1.92. The highest BCUT2D eigenvalue weighted by molar-refractivity contribution is 8.01. The number of carbonyl (C=O) groups is 2. The highest BCUT2D eigenvalue weighted by atomic mass is 32.2. The first kappa shape index (κ1) is 19.4. The van der Waals surface area contributed by atoms with Gasteiger partial charge in [-0.15, -0.1) is 10.2 Å². The van der Waals surface area contributed by atoms with E-state index in [1.165, 1.54) is 4.90 Å². The molecule has 2 saturated heterocycles. The minimum Gasteiger partial charge on any atom is -0.378 e. The summed E-state index contributed by atoms with van der Waals surface area (Å²) in [5.74, 6) is 1.37. The minimum absolute atomic E-state index is 0.285. The van der Waals surface area contributed by atoms with Crippen molar-refractivity contribution >= 4 is 41.0 Å². The number of amides is 3. The number of hydrogen-bond donors (Lipinski definition) is 1. The third-order valence-corrected chi connectivity index (χ3v) is 6.97. The summed E-state index contributed by atoms with van der Waals surface area (Å²) < 4.78 is 6.41. The number of aliphatic imine (C=N–C) groups is 1. The summed E-state index contributed by atoms with van der Waals surface area (Å²) in [6, 6.07) is -0.894. The Bertz CT molecular complexity index is 780. The van der Waals surface area contributed by atoms with Gasteiger partial charge in [0.2, 0.25) is 0 Å². The quantitative estimate of drug-likeness (QED) is 0.528. The number of aromatic nitrogens is 2. The molecule has 0 spiro atoms. The standard InChI is InChI=1S/C16H23N7O3S2/c1-10-19-20-16(28-10)27-9-3-4-23-11-12(21(2)15(25)18-13(11)24)17-14(23)22-5-7-26-8-6-22/h11-12H,3-9H2,1-2H3,(H,18,24,25). The van der Waals surface area contributed by atoms with Crippen LogP contribution >= 0.6 is 23.1 Å². The van der Waals surface area contributed by atoms with E-state index in [0.717, 1.165) is 40.6 Å². The van der Waals surface area contributed by atoms with Gasteiger partial charge in [-0.05, 0) is 13.3 Å². The van der Waals surface area contributed by atoms with Gasteiger partial charge in [0.25, 0.3) is 5.91 Å². The maximum atomic E-state index is 12.6. The molecular formula is C16H23N7O3S2. The van der Waals surface area contributed by atoms with Gasteiger partial charge in [0.1, 0.15) is 5.01 Å². The van der Waals surface area contributed by atoms with E-state index in [-0.39, 0.29) is 5.91 Å². The number of morpholine rings is 1. The van der Waals surface area contributed by atoms with Crippen LogP contribution in [0.25, 0.3) is 0 Å². The van der Waals surface area contributed by atoms with Crippen molar-refractivity contribution in [2.45, 2.75) is 29.9 Å². The number of imide groups is 1. The fraction of sp³-hybridized carbons (Fsp3) is 0.688. The first-order valence-corrected chi connectivity index (χ1v) is 11.0. The third-order valence-electron chi connectivity index (χ3n) is 4.91. The SMILES string of the molecule is Cc1nnc(SCCCN2C(N3CCOCC3)=NC3C2C(=O)NC(=O)N3C)s1. The molecule has 152 valence electrons. The van der Waals surface area contributed by atoms with Crippen LogP contribution < -0.4 is 5.32 Å². The summed E-state index contributed by atoms with van der Waals surface area (Å²) in [6.07, 6.45) is 0.374. The molecule has 0 aromatic carbocycles. The number of hydrogen-bond acceptors (Lipinski definition) is 10.